The molecule has 1 aromatic heterocycles. The monoisotopic (exact) mass is 449 g/mol. The first-order valence-corrected chi connectivity index (χ1v) is 12.7. The van der Waals surface area contributed by atoms with Crippen molar-refractivity contribution in [3.05, 3.63) is 59.3 Å². The summed E-state index contributed by atoms with van der Waals surface area (Å²) in [6.07, 6.45) is 4.35. The lowest BCUT2D eigenvalue weighted by molar-refractivity contribution is 0.349. The predicted molar refractivity (Wildman–Crippen MR) is 130 cm³/mol. The third kappa shape index (κ3) is 4.90. The molecular weight excluding hydrogens is 418 g/mol. The van der Waals surface area contributed by atoms with Gasteiger partial charge >= 0.3 is 0 Å². The molecule has 0 radical (unpaired) electrons. The van der Waals surface area contributed by atoms with Crippen molar-refractivity contribution < 1.29 is 8.42 Å². The van der Waals surface area contributed by atoms with Gasteiger partial charge in [0, 0.05) is 30.2 Å². The highest BCUT2D eigenvalue weighted by atomic mass is 32.2. The largest absolute Gasteiger partial charge is 0.347 e. The lowest BCUT2D eigenvalue weighted by Crippen LogP contribution is -2.29. The summed E-state index contributed by atoms with van der Waals surface area (Å²) in [5, 5.41) is 10.6. The number of hydrogen-bond acceptors (Lipinski definition) is 3. The molecule has 168 valence electrons. The number of hydrogen-bond donors (Lipinski definition) is 1. The Kier molecular flexibility index (Phi) is 5.91. The molecule has 1 fully saturated rings. The lowest BCUT2D eigenvalue weighted by atomic mass is 9.96. The van der Waals surface area contributed by atoms with Crippen LogP contribution in [0, 0.1) is 23.7 Å². The molecule has 1 saturated carbocycles. The van der Waals surface area contributed by atoms with E-state index in [0.717, 1.165) is 52.5 Å². The van der Waals surface area contributed by atoms with E-state index in [9.17, 15) is 13.7 Å². The molecule has 4 rings (SSSR count). The Morgan fingerprint density at radius 2 is 1.91 bits per heavy atom. The minimum absolute atomic E-state index is 0.0917. The molecule has 0 bridgehead atoms. The molecule has 0 unspecified atom stereocenters. The highest BCUT2D eigenvalue weighted by Gasteiger charge is 2.35. The topological polar surface area (TPSA) is 74.9 Å². The van der Waals surface area contributed by atoms with E-state index in [0.29, 0.717) is 18.5 Å². The second-order valence-corrected chi connectivity index (χ2v) is 12.2. The SMILES string of the molecule is Cc1ccc(-c2ccc3c(CCNS(=O)(=O)C4CC4)cn(CC(C)(C)C)c3c2)c(C#N)c1. The van der Waals surface area contributed by atoms with E-state index in [1.54, 1.807) is 0 Å². The lowest BCUT2D eigenvalue weighted by Gasteiger charge is -2.20. The smallest absolute Gasteiger partial charge is 0.214 e. The quantitative estimate of drug-likeness (QED) is 0.541. The molecule has 0 spiro atoms. The zero-order valence-electron chi connectivity index (χ0n) is 19.3. The van der Waals surface area contributed by atoms with E-state index >= 15 is 0 Å². The standard InChI is InChI=1S/C26H31N3O2S/c1-18-5-9-23(21(13-18)15-27)19-6-10-24-20(11-12-28-32(30,31)22-7-8-22)16-29(25(24)14-19)17-26(2,3)4/h5-6,9-10,13-14,16,22,28H,7-8,11-12,17H2,1-4H3. The van der Waals surface area contributed by atoms with Crippen LogP contribution in [0.15, 0.2) is 42.6 Å². The van der Waals surface area contributed by atoms with Crippen LogP contribution >= 0.6 is 0 Å². The average molecular weight is 450 g/mol. The van der Waals surface area contributed by atoms with E-state index < -0.39 is 10.0 Å². The second kappa shape index (κ2) is 8.38. The molecule has 6 heteroatoms. The minimum Gasteiger partial charge on any atom is -0.347 e. The molecular formula is C26H31N3O2S. The van der Waals surface area contributed by atoms with E-state index in [1.807, 2.05) is 25.1 Å². The van der Waals surface area contributed by atoms with Gasteiger partial charge in [-0.1, -0.05) is 45.0 Å². The fourth-order valence-electron chi connectivity index (χ4n) is 4.20. The molecule has 3 aromatic rings. The number of aryl methyl sites for hydroxylation is 1. The highest BCUT2D eigenvalue weighted by molar-refractivity contribution is 7.90. The van der Waals surface area contributed by atoms with Crippen molar-refractivity contribution in [3.63, 3.8) is 0 Å². The van der Waals surface area contributed by atoms with Crippen LogP contribution in [0.25, 0.3) is 22.0 Å². The molecule has 1 aliphatic rings. The van der Waals surface area contributed by atoms with Crippen molar-refractivity contribution in [1.82, 2.24) is 9.29 Å². The van der Waals surface area contributed by atoms with E-state index in [-0.39, 0.29) is 10.7 Å². The van der Waals surface area contributed by atoms with Gasteiger partial charge in [0.25, 0.3) is 0 Å². The Bertz CT molecular complexity index is 1300. The van der Waals surface area contributed by atoms with E-state index in [2.05, 4.69) is 60.5 Å². The number of fused-ring (bicyclic) bond motifs is 1. The van der Waals surface area contributed by atoms with Gasteiger partial charge in [-0.15, -0.1) is 0 Å². The highest BCUT2D eigenvalue weighted by Crippen LogP contribution is 2.32. The van der Waals surface area contributed by atoms with Gasteiger partial charge < -0.3 is 4.57 Å². The van der Waals surface area contributed by atoms with Crippen LogP contribution in [0.4, 0.5) is 0 Å². The Morgan fingerprint density at radius 3 is 2.56 bits per heavy atom. The van der Waals surface area contributed by atoms with Gasteiger partial charge in [-0.2, -0.15) is 5.26 Å². The molecule has 0 atom stereocenters. The van der Waals surface area contributed by atoms with Crippen molar-refractivity contribution in [1.29, 1.82) is 5.26 Å². The van der Waals surface area contributed by atoms with Crippen LogP contribution < -0.4 is 4.72 Å². The minimum atomic E-state index is -3.17. The second-order valence-electron chi connectivity index (χ2n) is 10.1. The Hall–Kier alpha value is -2.62. The number of benzene rings is 2. The zero-order chi connectivity index (χ0) is 23.1. The fraction of sp³-hybridized carbons (Fsp3) is 0.423. The van der Waals surface area contributed by atoms with Crippen LogP contribution in [-0.4, -0.2) is 24.8 Å². The summed E-state index contributed by atoms with van der Waals surface area (Å²) in [5.74, 6) is 0. The van der Waals surface area contributed by atoms with Gasteiger partial charge in [-0.3, -0.25) is 0 Å². The van der Waals surface area contributed by atoms with Crippen LogP contribution in [0.3, 0.4) is 0 Å². The predicted octanol–water partition coefficient (Wildman–Crippen LogP) is 5.16. The normalized spacial score (nSPS) is 14.6. The average Bonchev–Trinajstić information content (AvgIpc) is 3.53. The third-order valence-corrected chi connectivity index (χ3v) is 7.83. The van der Waals surface area contributed by atoms with Crippen molar-refractivity contribution in [2.24, 2.45) is 5.41 Å². The number of sulfonamides is 1. The maximum atomic E-state index is 12.2. The molecule has 5 nitrogen and oxygen atoms in total. The summed E-state index contributed by atoms with van der Waals surface area (Å²) in [6.45, 7) is 9.87. The summed E-state index contributed by atoms with van der Waals surface area (Å²) in [6, 6.07) is 14.6. The van der Waals surface area contributed by atoms with Gasteiger partial charge in [-0.25, -0.2) is 13.1 Å². The third-order valence-electron chi connectivity index (χ3n) is 5.88. The first-order chi connectivity index (χ1) is 15.1. The van der Waals surface area contributed by atoms with Crippen LogP contribution in [0.2, 0.25) is 0 Å². The van der Waals surface area contributed by atoms with Crippen LogP contribution in [-0.2, 0) is 23.0 Å². The maximum absolute atomic E-state index is 12.2. The number of nitriles is 1. The molecule has 0 amide bonds. The van der Waals surface area contributed by atoms with Gasteiger partial charge in [0.05, 0.1) is 16.9 Å². The van der Waals surface area contributed by atoms with Gasteiger partial charge in [0.2, 0.25) is 10.0 Å². The first kappa shape index (κ1) is 22.6. The first-order valence-electron chi connectivity index (χ1n) is 11.2. The number of rotatable bonds is 7. The number of nitrogens with zero attached hydrogens (tertiary/aromatic N) is 2. The van der Waals surface area contributed by atoms with Crippen LogP contribution in [0.1, 0.15) is 50.3 Å². The molecule has 2 aromatic carbocycles. The van der Waals surface area contributed by atoms with Crippen molar-refractivity contribution >= 4 is 20.9 Å². The summed E-state index contributed by atoms with van der Waals surface area (Å²) < 4.78 is 29.4. The number of nitrogens with one attached hydrogen (secondary N) is 1. The zero-order valence-corrected chi connectivity index (χ0v) is 20.1. The molecule has 1 heterocycles. The Labute approximate surface area is 191 Å². The molecule has 1 aliphatic carbocycles. The summed E-state index contributed by atoms with van der Waals surface area (Å²) in [7, 11) is -3.17. The van der Waals surface area contributed by atoms with Crippen LogP contribution in [0.5, 0.6) is 0 Å². The van der Waals surface area contributed by atoms with Gasteiger partial charge in [0.15, 0.2) is 0 Å². The summed E-state index contributed by atoms with van der Waals surface area (Å²) in [4.78, 5) is 0. The van der Waals surface area contributed by atoms with E-state index in [4.69, 9.17) is 0 Å². The Morgan fingerprint density at radius 1 is 1.16 bits per heavy atom. The van der Waals surface area contributed by atoms with Crippen molar-refractivity contribution in [2.45, 2.75) is 58.8 Å². The van der Waals surface area contributed by atoms with Crippen molar-refractivity contribution in [2.75, 3.05) is 6.54 Å². The van der Waals surface area contributed by atoms with E-state index in [1.165, 1.54) is 0 Å². The number of aromatic nitrogens is 1. The summed E-state index contributed by atoms with van der Waals surface area (Å²) >= 11 is 0. The summed E-state index contributed by atoms with van der Waals surface area (Å²) in [5.41, 5.74) is 6.03. The fourth-order valence-corrected chi connectivity index (χ4v) is 5.58. The Balaban J connectivity index is 1.70. The molecule has 0 aliphatic heterocycles. The van der Waals surface area contributed by atoms with Gasteiger partial charge in [-0.05, 0) is 66.0 Å². The van der Waals surface area contributed by atoms with Gasteiger partial charge in [0.1, 0.15) is 0 Å². The molecule has 32 heavy (non-hydrogen) atoms. The molecule has 1 N–H and O–H groups in total. The maximum Gasteiger partial charge on any atom is 0.214 e. The van der Waals surface area contributed by atoms with Crippen molar-refractivity contribution in [3.8, 4) is 17.2 Å². The molecule has 0 saturated heterocycles.